The van der Waals surface area contributed by atoms with Crippen LogP contribution in [0.1, 0.15) is 25.3 Å². The Hall–Kier alpha value is -1.75. The highest BCUT2D eigenvalue weighted by Gasteiger charge is 2.20. The Bertz CT molecular complexity index is 512. The number of carbonyl (C=O) groups excluding carboxylic acids is 1. The van der Waals surface area contributed by atoms with E-state index < -0.39 is 0 Å². The molecule has 2 aliphatic rings. The maximum Gasteiger partial charge on any atom is 0.236 e. The van der Waals surface area contributed by atoms with Crippen LogP contribution >= 0.6 is 0 Å². The lowest BCUT2D eigenvalue weighted by Gasteiger charge is -2.23. The molecule has 0 bridgehead atoms. The van der Waals surface area contributed by atoms with Crippen molar-refractivity contribution in [2.45, 2.75) is 26.3 Å². The Balaban J connectivity index is 1.60. The van der Waals surface area contributed by atoms with E-state index in [1.54, 1.807) is 0 Å². The smallest absolute Gasteiger partial charge is 0.236 e. The molecule has 2 aliphatic heterocycles. The van der Waals surface area contributed by atoms with Gasteiger partial charge in [0.15, 0.2) is 11.5 Å². The van der Waals surface area contributed by atoms with E-state index >= 15 is 0 Å². The van der Waals surface area contributed by atoms with Gasteiger partial charge >= 0.3 is 0 Å². The van der Waals surface area contributed by atoms with Crippen molar-refractivity contribution < 1.29 is 14.3 Å². The van der Waals surface area contributed by atoms with Crippen LogP contribution in [0.3, 0.4) is 0 Å². The number of fused-ring (bicyclic) bond motifs is 1. The van der Waals surface area contributed by atoms with Gasteiger partial charge in [-0.2, -0.15) is 0 Å². The van der Waals surface area contributed by atoms with Gasteiger partial charge in [-0.1, -0.05) is 13.0 Å². The average molecular weight is 290 g/mol. The van der Waals surface area contributed by atoms with Crippen LogP contribution in [0, 0.1) is 0 Å². The molecule has 21 heavy (non-hydrogen) atoms. The molecule has 0 N–H and O–H groups in total. The predicted molar refractivity (Wildman–Crippen MR) is 79.3 cm³/mol. The number of rotatable bonds is 5. The average Bonchev–Trinajstić information content (AvgIpc) is 3.17. The number of benzene rings is 1. The summed E-state index contributed by atoms with van der Waals surface area (Å²) in [5.74, 6) is 1.85. The van der Waals surface area contributed by atoms with Gasteiger partial charge in [0, 0.05) is 19.6 Å². The van der Waals surface area contributed by atoms with Crippen molar-refractivity contribution in [2.24, 2.45) is 0 Å². The molecule has 0 unspecified atom stereocenters. The van der Waals surface area contributed by atoms with Crippen molar-refractivity contribution >= 4 is 5.91 Å². The van der Waals surface area contributed by atoms with E-state index in [1.807, 2.05) is 23.1 Å². The van der Waals surface area contributed by atoms with Crippen molar-refractivity contribution in [3.05, 3.63) is 23.8 Å². The lowest BCUT2D eigenvalue weighted by atomic mass is 10.2. The van der Waals surface area contributed by atoms with Crippen molar-refractivity contribution in [3.8, 4) is 11.5 Å². The normalized spacial score (nSPS) is 16.8. The van der Waals surface area contributed by atoms with Crippen LogP contribution in [-0.4, -0.2) is 48.7 Å². The maximum absolute atomic E-state index is 12.2. The highest BCUT2D eigenvalue weighted by Crippen LogP contribution is 2.32. The number of hydrogen-bond donors (Lipinski definition) is 0. The van der Waals surface area contributed by atoms with Gasteiger partial charge in [-0.25, -0.2) is 0 Å². The van der Waals surface area contributed by atoms with Crippen LogP contribution in [0.25, 0.3) is 0 Å². The van der Waals surface area contributed by atoms with E-state index in [0.717, 1.165) is 56.1 Å². The molecule has 1 fully saturated rings. The minimum Gasteiger partial charge on any atom is -0.454 e. The minimum absolute atomic E-state index is 0.245. The van der Waals surface area contributed by atoms with Gasteiger partial charge in [0.25, 0.3) is 0 Å². The summed E-state index contributed by atoms with van der Waals surface area (Å²) in [5.41, 5.74) is 1.15. The zero-order valence-corrected chi connectivity index (χ0v) is 12.5. The Labute approximate surface area is 125 Å². The zero-order chi connectivity index (χ0) is 14.7. The molecule has 5 heteroatoms. The second kappa shape index (κ2) is 6.35. The SMILES string of the molecule is CCN(CC(=O)N1CCCC1)Cc1ccc2c(c1)OCO2. The lowest BCUT2D eigenvalue weighted by molar-refractivity contribution is -0.131. The Kier molecular flexibility index (Phi) is 4.29. The van der Waals surface area contributed by atoms with E-state index in [-0.39, 0.29) is 5.91 Å². The molecule has 2 heterocycles. The molecule has 0 aromatic heterocycles. The van der Waals surface area contributed by atoms with E-state index in [0.29, 0.717) is 13.3 Å². The molecule has 0 saturated carbocycles. The first kappa shape index (κ1) is 14.2. The summed E-state index contributed by atoms with van der Waals surface area (Å²) in [6.45, 7) is 6.32. The molecule has 5 nitrogen and oxygen atoms in total. The van der Waals surface area contributed by atoms with Crippen molar-refractivity contribution in [1.29, 1.82) is 0 Å². The van der Waals surface area contributed by atoms with Crippen LogP contribution < -0.4 is 9.47 Å². The molecule has 0 atom stereocenters. The molecular weight excluding hydrogens is 268 g/mol. The highest BCUT2D eigenvalue weighted by atomic mass is 16.7. The predicted octanol–water partition coefficient (Wildman–Crippen LogP) is 1.86. The number of carbonyl (C=O) groups is 1. The number of likely N-dealkylation sites (N-methyl/N-ethyl adjacent to an activating group) is 1. The first-order valence-electron chi connectivity index (χ1n) is 7.65. The van der Waals surface area contributed by atoms with Gasteiger partial charge in [-0.3, -0.25) is 9.69 Å². The summed E-state index contributed by atoms with van der Waals surface area (Å²) in [6, 6.07) is 5.98. The molecule has 0 radical (unpaired) electrons. The molecule has 1 aromatic carbocycles. The Morgan fingerprint density at radius 2 is 2.00 bits per heavy atom. The molecule has 1 aromatic rings. The van der Waals surface area contributed by atoms with Gasteiger partial charge in [0.2, 0.25) is 12.7 Å². The fraction of sp³-hybridized carbons (Fsp3) is 0.562. The minimum atomic E-state index is 0.245. The lowest BCUT2D eigenvalue weighted by Crippen LogP contribution is -2.38. The second-order valence-electron chi connectivity index (χ2n) is 5.58. The number of nitrogens with zero attached hydrogens (tertiary/aromatic N) is 2. The maximum atomic E-state index is 12.2. The first-order valence-corrected chi connectivity index (χ1v) is 7.65. The summed E-state index contributed by atoms with van der Waals surface area (Å²) in [7, 11) is 0. The van der Waals surface area contributed by atoms with E-state index in [1.165, 1.54) is 0 Å². The van der Waals surface area contributed by atoms with Gasteiger partial charge in [0.05, 0.1) is 6.54 Å². The topological polar surface area (TPSA) is 42.0 Å². The quantitative estimate of drug-likeness (QED) is 0.830. The van der Waals surface area contributed by atoms with Crippen LogP contribution in [0.2, 0.25) is 0 Å². The van der Waals surface area contributed by atoms with Gasteiger partial charge in [-0.05, 0) is 37.1 Å². The fourth-order valence-corrected chi connectivity index (χ4v) is 2.83. The third-order valence-electron chi connectivity index (χ3n) is 4.11. The van der Waals surface area contributed by atoms with Gasteiger partial charge in [0.1, 0.15) is 0 Å². The molecule has 0 spiro atoms. The summed E-state index contributed by atoms with van der Waals surface area (Å²) in [5, 5.41) is 0. The fourth-order valence-electron chi connectivity index (χ4n) is 2.83. The van der Waals surface area contributed by atoms with Gasteiger partial charge < -0.3 is 14.4 Å². The van der Waals surface area contributed by atoms with E-state index in [2.05, 4.69) is 11.8 Å². The Morgan fingerprint density at radius 1 is 1.24 bits per heavy atom. The van der Waals surface area contributed by atoms with E-state index in [4.69, 9.17) is 9.47 Å². The standard InChI is InChI=1S/C16H22N2O3/c1-2-17(11-16(19)18-7-3-4-8-18)10-13-5-6-14-15(9-13)21-12-20-14/h5-6,9H,2-4,7-8,10-12H2,1H3. The number of hydrogen-bond acceptors (Lipinski definition) is 4. The van der Waals surface area contributed by atoms with Crippen molar-refractivity contribution in [3.63, 3.8) is 0 Å². The van der Waals surface area contributed by atoms with Crippen LogP contribution in [-0.2, 0) is 11.3 Å². The monoisotopic (exact) mass is 290 g/mol. The number of likely N-dealkylation sites (tertiary alicyclic amines) is 1. The summed E-state index contributed by atoms with van der Waals surface area (Å²) < 4.78 is 10.7. The number of ether oxygens (including phenoxy) is 2. The van der Waals surface area contributed by atoms with Crippen LogP contribution in [0.4, 0.5) is 0 Å². The molecule has 1 saturated heterocycles. The summed E-state index contributed by atoms with van der Waals surface area (Å²) in [4.78, 5) is 16.4. The molecule has 3 rings (SSSR count). The summed E-state index contributed by atoms with van der Waals surface area (Å²) in [6.07, 6.45) is 2.28. The largest absolute Gasteiger partial charge is 0.454 e. The third-order valence-corrected chi connectivity index (χ3v) is 4.11. The van der Waals surface area contributed by atoms with Crippen LogP contribution in [0.15, 0.2) is 18.2 Å². The molecular formula is C16H22N2O3. The highest BCUT2D eigenvalue weighted by molar-refractivity contribution is 5.78. The molecule has 1 amide bonds. The van der Waals surface area contributed by atoms with Gasteiger partial charge in [-0.15, -0.1) is 0 Å². The third kappa shape index (κ3) is 3.29. The first-order chi connectivity index (χ1) is 10.3. The number of amides is 1. The van der Waals surface area contributed by atoms with Crippen molar-refractivity contribution in [2.75, 3.05) is 33.0 Å². The molecule has 0 aliphatic carbocycles. The van der Waals surface area contributed by atoms with E-state index in [9.17, 15) is 4.79 Å². The zero-order valence-electron chi connectivity index (χ0n) is 12.5. The second-order valence-corrected chi connectivity index (χ2v) is 5.58. The summed E-state index contributed by atoms with van der Waals surface area (Å²) >= 11 is 0. The van der Waals surface area contributed by atoms with Crippen LogP contribution in [0.5, 0.6) is 11.5 Å². The van der Waals surface area contributed by atoms with Crippen molar-refractivity contribution in [1.82, 2.24) is 9.80 Å². The Morgan fingerprint density at radius 3 is 2.76 bits per heavy atom. The molecule has 114 valence electrons.